The van der Waals surface area contributed by atoms with Crippen LogP contribution in [-0.4, -0.2) is 18.5 Å². The zero-order chi connectivity index (χ0) is 19.5. The summed E-state index contributed by atoms with van der Waals surface area (Å²) in [6.07, 6.45) is 3.99. The van der Waals surface area contributed by atoms with Crippen molar-refractivity contribution in [2.75, 3.05) is 11.9 Å². The molecular formula is C22H18N2O3S. The molecule has 0 spiro atoms. The number of benzene rings is 2. The molecular weight excluding hydrogens is 372 g/mol. The molecule has 2 aromatic carbocycles. The fourth-order valence-electron chi connectivity index (χ4n) is 3.47. The number of hydrogen-bond acceptors (Lipinski definition) is 5. The molecule has 140 valence electrons. The summed E-state index contributed by atoms with van der Waals surface area (Å²) in [5.74, 6) is -0.990. The average molecular weight is 390 g/mol. The van der Waals surface area contributed by atoms with Crippen LogP contribution < -0.4 is 5.32 Å². The van der Waals surface area contributed by atoms with Crippen molar-refractivity contribution < 1.29 is 14.3 Å². The normalized spacial score (nSPS) is 12.8. The van der Waals surface area contributed by atoms with Crippen molar-refractivity contribution in [2.24, 2.45) is 0 Å². The van der Waals surface area contributed by atoms with Crippen LogP contribution in [0.1, 0.15) is 39.2 Å². The van der Waals surface area contributed by atoms with Gasteiger partial charge in [-0.3, -0.25) is 4.79 Å². The molecule has 0 aliphatic heterocycles. The number of hydrogen-bond donors (Lipinski definition) is 1. The van der Waals surface area contributed by atoms with Gasteiger partial charge in [-0.2, -0.15) is 5.26 Å². The molecule has 0 radical (unpaired) electrons. The predicted molar refractivity (Wildman–Crippen MR) is 109 cm³/mol. The number of anilines is 1. The number of ether oxygens (including phenoxy) is 1. The maximum absolute atomic E-state index is 12.3. The number of carbonyl (C=O) groups is 2. The van der Waals surface area contributed by atoms with Gasteiger partial charge in [0.25, 0.3) is 5.91 Å². The maximum Gasteiger partial charge on any atom is 0.338 e. The number of carbonyl (C=O) groups excluding carboxylic acids is 2. The number of nitrogens with one attached hydrogen (secondary N) is 1. The highest BCUT2D eigenvalue weighted by Gasteiger charge is 2.22. The van der Waals surface area contributed by atoms with Crippen LogP contribution in [0.4, 0.5) is 5.00 Å². The first-order valence-electron chi connectivity index (χ1n) is 9.16. The Labute approximate surface area is 166 Å². The highest BCUT2D eigenvalue weighted by molar-refractivity contribution is 7.16. The van der Waals surface area contributed by atoms with Crippen LogP contribution >= 0.6 is 11.3 Å². The summed E-state index contributed by atoms with van der Waals surface area (Å²) in [6, 6.07) is 15.2. The molecule has 0 atom stereocenters. The predicted octanol–water partition coefficient (Wildman–Crippen LogP) is 4.45. The van der Waals surface area contributed by atoms with Crippen molar-refractivity contribution in [3.63, 3.8) is 0 Å². The standard InChI is InChI=1S/C22H18N2O3S/c23-12-18-17-7-3-4-8-19(17)28-21(18)24-20(25)13-27-22(26)16-10-9-14-5-1-2-6-15(14)11-16/h1-2,5-6,9-11H,3-4,7-8,13H2,(H,24,25). The van der Waals surface area contributed by atoms with Gasteiger partial charge in [-0.15, -0.1) is 11.3 Å². The van der Waals surface area contributed by atoms with E-state index in [1.165, 1.54) is 16.2 Å². The molecule has 0 unspecified atom stereocenters. The topological polar surface area (TPSA) is 79.2 Å². The minimum atomic E-state index is -0.549. The molecule has 5 nitrogen and oxygen atoms in total. The molecule has 0 bridgehead atoms. The van der Waals surface area contributed by atoms with Gasteiger partial charge in [0.15, 0.2) is 6.61 Å². The highest BCUT2D eigenvalue weighted by atomic mass is 32.1. The molecule has 1 amide bonds. The van der Waals surface area contributed by atoms with Crippen LogP contribution in [-0.2, 0) is 22.4 Å². The molecule has 1 aliphatic rings. The largest absolute Gasteiger partial charge is 0.452 e. The summed E-state index contributed by atoms with van der Waals surface area (Å²) in [5, 5.41) is 14.7. The SMILES string of the molecule is N#Cc1c(NC(=O)COC(=O)c2ccc3ccccc3c2)sc2c1CCCC2. The molecule has 28 heavy (non-hydrogen) atoms. The number of nitriles is 1. The van der Waals surface area contributed by atoms with Crippen LogP contribution in [0.25, 0.3) is 10.8 Å². The van der Waals surface area contributed by atoms with E-state index >= 15 is 0 Å². The van der Waals surface area contributed by atoms with E-state index in [1.54, 1.807) is 12.1 Å². The molecule has 6 heteroatoms. The minimum Gasteiger partial charge on any atom is -0.452 e. The van der Waals surface area contributed by atoms with Gasteiger partial charge in [0.1, 0.15) is 11.1 Å². The van der Waals surface area contributed by atoms with E-state index in [4.69, 9.17) is 4.74 Å². The van der Waals surface area contributed by atoms with Crippen molar-refractivity contribution in [1.82, 2.24) is 0 Å². The van der Waals surface area contributed by atoms with Crippen molar-refractivity contribution in [1.29, 1.82) is 5.26 Å². The van der Waals surface area contributed by atoms with Crippen LogP contribution in [0.3, 0.4) is 0 Å². The number of thiophene rings is 1. The molecule has 4 rings (SSSR count). The Bertz CT molecular complexity index is 1110. The summed E-state index contributed by atoms with van der Waals surface area (Å²) in [5.41, 5.74) is 2.01. The van der Waals surface area contributed by atoms with E-state index in [0.29, 0.717) is 16.1 Å². The van der Waals surface area contributed by atoms with Crippen molar-refractivity contribution >= 4 is 39.0 Å². The number of fused-ring (bicyclic) bond motifs is 2. The molecule has 0 saturated carbocycles. The lowest BCUT2D eigenvalue weighted by molar-refractivity contribution is -0.119. The molecule has 1 N–H and O–H groups in total. The first-order valence-corrected chi connectivity index (χ1v) is 9.98. The fraction of sp³-hybridized carbons (Fsp3) is 0.227. The Hall–Kier alpha value is -3.17. The van der Waals surface area contributed by atoms with Crippen LogP contribution in [0.5, 0.6) is 0 Å². The summed E-state index contributed by atoms with van der Waals surface area (Å²) < 4.78 is 5.16. The van der Waals surface area contributed by atoms with Gasteiger partial charge in [-0.1, -0.05) is 30.3 Å². The number of rotatable bonds is 4. The van der Waals surface area contributed by atoms with Gasteiger partial charge >= 0.3 is 5.97 Å². The Morgan fingerprint density at radius 3 is 2.71 bits per heavy atom. The average Bonchev–Trinajstić information content (AvgIpc) is 3.08. The molecule has 1 aliphatic carbocycles. The van der Waals surface area contributed by atoms with E-state index in [9.17, 15) is 14.9 Å². The van der Waals surface area contributed by atoms with Gasteiger partial charge in [-0.05, 0) is 54.2 Å². The first-order chi connectivity index (χ1) is 13.7. The van der Waals surface area contributed by atoms with Crippen LogP contribution in [0.2, 0.25) is 0 Å². The van der Waals surface area contributed by atoms with E-state index in [0.717, 1.165) is 42.0 Å². The van der Waals surface area contributed by atoms with E-state index in [1.807, 2.05) is 30.3 Å². The van der Waals surface area contributed by atoms with Crippen LogP contribution in [0, 0.1) is 11.3 Å². The zero-order valence-electron chi connectivity index (χ0n) is 15.2. The molecule has 3 aromatic rings. The third-order valence-corrected chi connectivity index (χ3v) is 6.06. The van der Waals surface area contributed by atoms with Gasteiger partial charge in [0.2, 0.25) is 0 Å². The zero-order valence-corrected chi connectivity index (χ0v) is 16.0. The van der Waals surface area contributed by atoms with Gasteiger partial charge in [0.05, 0.1) is 11.1 Å². The smallest absolute Gasteiger partial charge is 0.338 e. The second-order valence-electron chi connectivity index (χ2n) is 6.71. The highest BCUT2D eigenvalue weighted by Crippen LogP contribution is 2.37. The first kappa shape index (κ1) is 18.2. The summed E-state index contributed by atoms with van der Waals surface area (Å²) in [7, 11) is 0. The third-order valence-electron chi connectivity index (χ3n) is 4.86. The Morgan fingerprint density at radius 2 is 1.89 bits per heavy atom. The lowest BCUT2D eigenvalue weighted by Crippen LogP contribution is -2.20. The van der Waals surface area contributed by atoms with Crippen LogP contribution in [0.15, 0.2) is 42.5 Å². The number of aryl methyl sites for hydroxylation is 1. The summed E-state index contributed by atoms with van der Waals surface area (Å²) in [4.78, 5) is 25.7. The van der Waals surface area contributed by atoms with E-state index < -0.39 is 11.9 Å². The quantitative estimate of drug-likeness (QED) is 0.668. The molecule has 0 fully saturated rings. The second kappa shape index (κ2) is 7.83. The van der Waals surface area contributed by atoms with Crippen molar-refractivity contribution in [3.05, 3.63) is 64.0 Å². The molecule has 1 aromatic heterocycles. The fourth-order valence-corrected chi connectivity index (χ4v) is 4.72. The van der Waals surface area contributed by atoms with Gasteiger partial charge in [-0.25, -0.2) is 4.79 Å². The second-order valence-corrected chi connectivity index (χ2v) is 7.82. The Balaban J connectivity index is 1.41. The Kier molecular flexibility index (Phi) is 5.09. The maximum atomic E-state index is 12.3. The third kappa shape index (κ3) is 3.62. The monoisotopic (exact) mass is 390 g/mol. The lowest BCUT2D eigenvalue weighted by Gasteiger charge is -2.09. The molecule has 0 saturated heterocycles. The summed E-state index contributed by atoms with van der Waals surface area (Å²) in [6.45, 7) is -0.390. The van der Waals surface area contributed by atoms with Gasteiger partial charge < -0.3 is 10.1 Å². The van der Waals surface area contributed by atoms with Gasteiger partial charge in [0, 0.05) is 4.88 Å². The van der Waals surface area contributed by atoms with Crippen molar-refractivity contribution in [3.8, 4) is 6.07 Å². The van der Waals surface area contributed by atoms with Crippen molar-refractivity contribution in [2.45, 2.75) is 25.7 Å². The minimum absolute atomic E-state index is 0.390. The Morgan fingerprint density at radius 1 is 1.11 bits per heavy atom. The number of amides is 1. The number of nitrogens with zero attached hydrogens (tertiary/aromatic N) is 1. The number of esters is 1. The lowest BCUT2D eigenvalue weighted by atomic mass is 9.96. The molecule has 1 heterocycles. The summed E-state index contributed by atoms with van der Waals surface area (Å²) >= 11 is 1.45. The van der Waals surface area contributed by atoms with E-state index in [2.05, 4.69) is 11.4 Å². The van der Waals surface area contributed by atoms with E-state index in [-0.39, 0.29) is 6.61 Å².